The summed E-state index contributed by atoms with van der Waals surface area (Å²) in [6.07, 6.45) is -0.423. The molecule has 1 saturated carbocycles. The Morgan fingerprint density at radius 3 is 2.16 bits per heavy atom. The minimum Gasteiger partial charge on any atom is -0.497 e. The normalized spacial score (nSPS) is 30.9. The van der Waals surface area contributed by atoms with Gasteiger partial charge in [0.15, 0.2) is 5.67 Å². The van der Waals surface area contributed by atoms with Gasteiger partial charge in [-0.1, -0.05) is 25.1 Å². The van der Waals surface area contributed by atoms with Crippen LogP contribution in [0.1, 0.15) is 74.0 Å². The van der Waals surface area contributed by atoms with Gasteiger partial charge in [0.2, 0.25) is 5.67 Å². The van der Waals surface area contributed by atoms with Crippen LogP contribution in [0.4, 0.5) is 27.6 Å². The maximum atomic E-state index is 17.8. The lowest BCUT2D eigenvalue weighted by Gasteiger charge is -2.36. The van der Waals surface area contributed by atoms with Gasteiger partial charge in [0.1, 0.15) is 5.75 Å². The number of aliphatic carboxylic acids is 1. The first kappa shape index (κ1) is 37.3. The Hall–Kier alpha value is -3.45. The number of alkyl halides is 5. The lowest BCUT2D eigenvalue weighted by Crippen LogP contribution is -2.51. The largest absolute Gasteiger partial charge is 0.497 e. The van der Waals surface area contributed by atoms with E-state index in [1.165, 1.54) is 25.2 Å². The molecular weight excluding hydrogens is 673 g/mol. The van der Waals surface area contributed by atoms with E-state index in [1.807, 2.05) is 0 Å². The van der Waals surface area contributed by atoms with Crippen LogP contribution in [0.15, 0.2) is 42.5 Å². The number of carboxylic acids is 1. The fourth-order valence-electron chi connectivity index (χ4n) is 8.87. The number of hydrogen-bond donors (Lipinski definition) is 1. The average molecular weight is 722 g/mol. The number of likely N-dealkylation sites (tertiary alicyclic amines) is 2. The van der Waals surface area contributed by atoms with E-state index in [-0.39, 0.29) is 56.3 Å². The van der Waals surface area contributed by atoms with E-state index in [9.17, 15) is 27.9 Å². The third kappa shape index (κ3) is 7.42. The molecule has 1 aliphatic carbocycles. The summed E-state index contributed by atoms with van der Waals surface area (Å²) in [5, 5.41) is 9.50. The molecule has 1 N–H and O–H groups in total. The highest BCUT2D eigenvalue weighted by Crippen LogP contribution is 2.49. The predicted octanol–water partition coefficient (Wildman–Crippen LogP) is 6.68. The molecule has 0 aromatic heterocycles. The van der Waals surface area contributed by atoms with E-state index in [0.29, 0.717) is 23.8 Å². The molecule has 0 spiro atoms. The number of ether oxygens (including phenoxy) is 2. The van der Waals surface area contributed by atoms with Crippen molar-refractivity contribution in [3.63, 3.8) is 0 Å². The number of halogens is 5. The summed E-state index contributed by atoms with van der Waals surface area (Å²) in [6, 6.07) is 10.2. The second-order valence-corrected chi connectivity index (χ2v) is 15.1. The van der Waals surface area contributed by atoms with Gasteiger partial charge in [-0.15, -0.1) is 0 Å². The fraction of sp³-hybridized carbons (Fsp3) is 0.632. The summed E-state index contributed by atoms with van der Waals surface area (Å²) >= 11 is 0. The maximum absolute atomic E-state index is 17.8. The van der Waals surface area contributed by atoms with Gasteiger partial charge in [-0.2, -0.15) is 13.2 Å². The molecule has 2 aromatic carbocycles. The van der Waals surface area contributed by atoms with Gasteiger partial charge in [-0.3, -0.25) is 14.5 Å². The van der Waals surface area contributed by atoms with Crippen molar-refractivity contribution >= 4 is 17.6 Å². The van der Waals surface area contributed by atoms with E-state index in [0.717, 1.165) is 37.8 Å². The molecule has 0 radical (unpaired) electrons. The van der Waals surface area contributed by atoms with Gasteiger partial charge in [0.25, 0.3) is 5.91 Å². The number of carbonyl (C=O) groups excluding carboxylic acids is 1. The van der Waals surface area contributed by atoms with Crippen LogP contribution in [0.25, 0.3) is 0 Å². The predicted molar refractivity (Wildman–Crippen MR) is 182 cm³/mol. The average Bonchev–Trinajstić information content (AvgIpc) is 3.65. The number of amides is 1. The quantitative estimate of drug-likeness (QED) is 0.290. The van der Waals surface area contributed by atoms with Gasteiger partial charge in [0.05, 0.1) is 31.7 Å². The van der Waals surface area contributed by atoms with E-state index in [1.54, 1.807) is 29.2 Å². The van der Waals surface area contributed by atoms with Crippen LogP contribution in [0.2, 0.25) is 0 Å². The van der Waals surface area contributed by atoms with Crippen LogP contribution in [-0.2, 0) is 20.5 Å². The molecule has 13 heteroatoms. The molecule has 4 aliphatic rings. The highest BCUT2D eigenvalue weighted by molar-refractivity contribution is 5.88. The van der Waals surface area contributed by atoms with Crippen LogP contribution in [0.3, 0.4) is 0 Å². The number of benzene rings is 2. The number of rotatable bonds is 9. The van der Waals surface area contributed by atoms with Crippen molar-refractivity contribution in [3.05, 3.63) is 59.2 Å². The van der Waals surface area contributed by atoms with Crippen molar-refractivity contribution in [1.29, 1.82) is 0 Å². The van der Waals surface area contributed by atoms with Gasteiger partial charge in [0, 0.05) is 63.4 Å². The molecule has 1 amide bonds. The zero-order valence-electron chi connectivity index (χ0n) is 29.4. The summed E-state index contributed by atoms with van der Waals surface area (Å²) < 4.78 is 87.6. The number of nitrogens with zero attached hydrogens (tertiary/aromatic N) is 3. The molecule has 51 heavy (non-hydrogen) atoms. The Labute approximate surface area is 295 Å². The summed E-state index contributed by atoms with van der Waals surface area (Å²) in [7, 11) is 2.84. The molecule has 0 unspecified atom stereocenters. The van der Waals surface area contributed by atoms with Crippen LogP contribution in [-0.4, -0.2) is 104 Å². The van der Waals surface area contributed by atoms with Crippen LogP contribution in [0, 0.1) is 11.8 Å². The summed E-state index contributed by atoms with van der Waals surface area (Å²) in [5.41, 5.74) is -4.53. The third-order valence-corrected chi connectivity index (χ3v) is 11.8. The van der Waals surface area contributed by atoms with Crippen molar-refractivity contribution in [1.82, 2.24) is 9.80 Å². The Morgan fingerprint density at radius 1 is 0.902 bits per heavy atom. The molecule has 2 aromatic rings. The Bertz CT molecular complexity index is 1560. The second-order valence-electron chi connectivity index (χ2n) is 15.1. The number of hydrogen-bond acceptors (Lipinski definition) is 6. The molecule has 3 saturated heterocycles. The molecule has 280 valence electrons. The lowest BCUT2D eigenvalue weighted by atomic mass is 9.84. The van der Waals surface area contributed by atoms with Gasteiger partial charge in [-0.05, 0) is 79.8 Å². The number of carbonyl (C=O) groups is 2. The molecule has 3 aliphatic heterocycles. The highest BCUT2D eigenvalue weighted by atomic mass is 19.4. The lowest BCUT2D eigenvalue weighted by molar-refractivity contribution is -0.144. The topological polar surface area (TPSA) is 82.6 Å². The van der Waals surface area contributed by atoms with E-state index >= 15 is 8.78 Å². The molecule has 3 heterocycles. The number of piperidine rings is 1. The summed E-state index contributed by atoms with van der Waals surface area (Å²) in [6.45, 7) is 1.50. The zero-order valence-corrected chi connectivity index (χ0v) is 29.4. The van der Waals surface area contributed by atoms with Gasteiger partial charge >= 0.3 is 12.1 Å². The number of methoxy groups -OCH3 is 2. The van der Waals surface area contributed by atoms with Gasteiger partial charge in [-0.25, -0.2) is 8.78 Å². The zero-order chi connectivity index (χ0) is 36.7. The molecule has 6 rings (SSSR count). The Morgan fingerprint density at radius 2 is 1.57 bits per heavy atom. The summed E-state index contributed by atoms with van der Waals surface area (Å²) in [5.74, 6) is -3.23. The van der Waals surface area contributed by atoms with Crippen molar-refractivity contribution < 1.29 is 46.1 Å². The van der Waals surface area contributed by atoms with Crippen molar-refractivity contribution in [2.24, 2.45) is 11.8 Å². The smallest absolute Gasteiger partial charge is 0.416 e. The molecule has 4 fully saturated rings. The molecule has 8 nitrogen and oxygen atoms in total. The van der Waals surface area contributed by atoms with Gasteiger partial charge < -0.3 is 24.4 Å². The number of anilines is 1. The fourth-order valence-corrected chi connectivity index (χ4v) is 8.87. The van der Waals surface area contributed by atoms with Crippen molar-refractivity contribution in [2.45, 2.75) is 80.8 Å². The maximum Gasteiger partial charge on any atom is 0.416 e. The minimum atomic E-state index is -4.68. The van der Waals surface area contributed by atoms with Crippen LogP contribution >= 0.6 is 0 Å². The van der Waals surface area contributed by atoms with Crippen molar-refractivity contribution in [3.8, 4) is 5.75 Å². The summed E-state index contributed by atoms with van der Waals surface area (Å²) in [4.78, 5) is 31.1. The Balaban J connectivity index is 1.34. The Kier molecular flexibility index (Phi) is 10.6. The molecular formula is C38H48F5N3O5. The first-order valence-electron chi connectivity index (χ1n) is 17.9. The minimum absolute atomic E-state index is 0.118. The van der Waals surface area contributed by atoms with E-state index in [4.69, 9.17) is 9.47 Å². The van der Waals surface area contributed by atoms with E-state index in [2.05, 4.69) is 11.8 Å². The first-order chi connectivity index (χ1) is 24.2. The monoisotopic (exact) mass is 721 g/mol. The van der Waals surface area contributed by atoms with Crippen molar-refractivity contribution in [2.75, 3.05) is 65.0 Å². The van der Waals surface area contributed by atoms with Crippen LogP contribution in [0.5, 0.6) is 5.75 Å². The molecule has 0 bridgehead atoms. The third-order valence-electron chi connectivity index (χ3n) is 11.8. The first-order valence-corrected chi connectivity index (χ1v) is 17.9. The van der Waals surface area contributed by atoms with E-state index < -0.39 is 65.9 Å². The number of carboxylic acid groups (broad SMARTS) is 1. The highest BCUT2D eigenvalue weighted by Gasteiger charge is 2.60. The SMILES string of the molecule is COC[C@@]1(F)CN(C(=O)[C@]2(F)CN(C3CCC(C)CC3)C[C@H]2c2ccc(OC)cc2)C[C@@H]1c1ccc(C(F)(F)F)cc1N1CCC(C(=O)O)CC1. The standard InChI is InChI=1S/C38H48F5N3O5/c1-24-4-9-28(10-5-24)45-19-31(25-6-11-29(51-3)12-7-25)37(40,22-45)35(49)46-20-32(36(39,21-46)23-50-2)30-13-8-27(38(41,42)43)18-33(30)44-16-14-26(15-17-44)34(47)48/h6-8,11-13,18,24,26,28,31-32H,4-5,9-10,14-17,19-23H2,1-3H3,(H,47,48)/t24?,28?,31-,32+,36-,37-/m0/s1. The molecule has 4 atom stereocenters. The van der Waals surface area contributed by atoms with Crippen LogP contribution < -0.4 is 9.64 Å². The second kappa shape index (κ2) is 14.5.